The summed E-state index contributed by atoms with van der Waals surface area (Å²) in [7, 11) is -2.92. The first-order valence-corrected chi connectivity index (χ1v) is 22.8. The number of hydrogen-bond donors (Lipinski definition) is 9. The van der Waals surface area contributed by atoms with Crippen molar-refractivity contribution in [3.05, 3.63) is 58.1 Å². The van der Waals surface area contributed by atoms with Gasteiger partial charge in [-0.2, -0.15) is 0 Å². The van der Waals surface area contributed by atoms with Crippen molar-refractivity contribution in [3.8, 4) is 5.75 Å². The zero-order chi connectivity index (χ0) is 48.5. The molecule has 2 aromatic rings. The molecule has 10 N–H and O–H groups in total. The van der Waals surface area contributed by atoms with Crippen molar-refractivity contribution in [2.45, 2.75) is 155 Å². The van der Waals surface area contributed by atoms with Gasteiger partial charge in [-0.05, 0) is 110 Å². The summed E-state index contributed by atoms with van der Waals surface area (Å²) in [6.07, 6.45) is -0.00605. The molecule has 0 aromatic heterocycles. The minimum Gasteiger partial charge on any atom is -0.487 e. The molecule has 19 nitrogen and oxygen atoms in total. The summed E-state index contributed by atoms with van der Waals surface area (Å²) >= 11 is 0. The molecule has 356 valence electrons. The molecule has 0 saturated heterocycles. The summed E-state index contributed by atoms with van der Waals surface area (Å²) in [6, 6.07) is 2.96. The number of guanidine groups is 1. The fourth-order valence-corrected chi connectivity index (χ4v) is 8.95. The zero-order valence-electron chi connectivity index (χ0n) is 39.1. The molecule has 1 aliphatic rings. The minimum absolute atomic E-state index is 0.00128. The predicted molar refractivity (Wildman–Crippen MR) is 242 cm³/mol. The molecule has 0 aliphatic carbocycles. The number of ether oxygens (including phenoxy) is 2. The number of carbonyl (C=O) groups is 5. The van der Waals surface area contributed by atoms with E-state index in [9.17, 15) is 37.5 Å². The Morgan fingerprint density at radius 3 is 2.09 bits per heavy atom. The van der Waals surface area contributed by atoms with Crippen LogP contribution in [-0.4, -0.2) is 109 Å². The smallest absolute Gasteiger partial charge is 0.334 e. The Kier molecular flexibility index (Phi) is 18.1. The van der Waals surface area contributed by atoms with E-state index in [-0.39, 0.29) is 43.0 Å². The van der Waals surface area contributed by atoms with E-state index in [4.69, 9.17) is 20.6 Å². The summed E-state index contributed by atoms with van der Waals surface area (Å²) in [5, 5.41) is 28.8. The molecule has 3 rings (SSSR count). The van der Waals surface area contributed by atoms with E-state index < -0.39 is 87.2 Å². The number of carbonyl (C=O) groups excluding carboxylic acids is 4. The SMILES string of the molecule is Cc1c(C)c(S(=O)(=O)N(C)C(=N)NCCC[C@H](NC(=O)[C@H](CC(C)C)NC(=O)NNC(=O)[C@H](Cc2ccccc2)NC(=O)[C@@H](N)[C@@H](C)OC(C)(C)C)C(=O)O)c(C)c2c1OC(C)(C)C2. The molecule has 64 heavy (non-hydrogen) atoms. The Morgan fingerprint density at radius 1 is 0.906 bits per heavy atom. The summed E-state index contributed by atoms with van der Waals surface area (Å²) in [5.41, 5.74) is 12.9. The van der Waals surface area contributed by atoms with Gasteiger partial charge in [-0.15, -0.1) is 0 Å². The van der Waals surface area contributed by atoms with Crippen LogP contribution in [0.4, 0.5) is 4.79 Å². The van der Waals surface area contributed by atoms with Crippen molar-refractivity contribution in [1.82, 2.24) is 36.4 Å². The maximum absolute atomic E-state index is 13.9. The number of sulfonamides is 1. The normalized spacial score (nSPS) is 15.6. The molecule has 20 heteroatoms. The molecule has 0 bridgehead atoms. The molecular formula is C44H69N9O10S. The number of fused-ring (bicyclic) bond motifs is 1. The number of nitrogens with zero attached hydrogens (tertiary/aromatic N) is 1. The van der Waals surface area contributed by atoms with Gasteiger partial charge in [-0.1, -0.05) is 44.2 Å². The predicted octanol–water partition coefficient (Wildman–Crippen LogP) is 2.82. The topological polar surface area (TPSA) is 283 Å². The van der Waals surface area contributed by atoms with Crippen molar-refractivity contribution >= 4 is 45.7 Å². The number of nitrogens with two attached hydrogens (primary N) is 1. The number of rotatable bonds is 19. The minimum atomic E-state index is -4.18. The summed E-state index contributed by atoms with van der Waals surface area (Å²) < 4.78 is 40.5. The largest absolute Gasteiger partial charge is 0.487 e. The highest BCUT2D eigenvalue weighted by molar-refractivity contribution is 7.89. The van der Waals surface area contributed by atoms with Gasteiger partial charge < -0.3 is 41.6 Å². The number of nitrogens with one attached hydrogen (secondary N) is 7. The third-order valence-electron chi connectivity index (χ3n) is 10.7. The van der Waals surface area contributed by atoms with Crippen LogP contribution < -0.4 is 42.6 Å². The zero-order valence-corrected chi connectivity index (χ0v) is 40.0. The molecule has 5 atom stereocenters. The van der Waals surface area contributed by atoms with Crippen LogP contribution in [0, 0.1) is 32.1 Å². The van der Waals surface area contributed by atoms with Gasteiger partial charge in [-0.25, -0.2) is 27.7 Å². The molecule has 2 aromatic carbocycles. The lowest BCUT2D eigenvalue weighted by Gasteiger charge is -2.29. The lowest BCUT2D eigenvalue weighted by atomic mass is 9.94. The van der Waals surface area contributed by atoms with E-state index in [2.05, 4.69) is 32.1 Å². The number of carboxylic acid groups (broad SMARTS) is 1. The van der Waals surface area contributed by atoms with Crippen LogP contribution in [0.15, 0.2) is 35.2 Å². The molecule has 0 unspecified atom stereocenters. The highest BCUT2D eigenvalue weighted by Gasteiger charge is 2.38. The average molecular weight is 916 g/mol. The molecule has 0 fully saturated rings. The standard InChI is InChI=1S/C44H69N9O10S/c1-24(2)21-32(50-42(59)52-51-38(55)33(22-29-17-14-13-15-18-29)49-39(56)34(45)28(6)62-43(7,8)9)37(54)48-31(40(57)58)19-16-20-47-41(46)53(12)64(60,61)36-26(4)25(3)35-30(27(36)5)23-44(10,11)63-35/h13-15,17-18,24,28,31-34H,16,19-23,45H2,1-12H3,(H2,46,47)(H,48,54)(H,49,56)(H,51,55)(H,57,58)(H2,50,52,59)/t28-,31+,32+,33+,34+/m1/s1. The number of hydrogen-bond acceptors (Lipinski definition) is 11. The van der Waals surface area contributed by atoms with E-state index in [1.54, 1.807) is 65.0 Å². The van der Waals surface area contributed by atoms with E-state index in [0.29, 0.717) is 34.4 Å². The van der Waals surface area contributed by atoms with Crippen molar-refractivity contribution in [1.29, 1.82) is 5.41 Å². The summed E-state index contributed by atoms with van der Waals surface area (Å²) in [5.74, 6) is -3.47. The third-order valence-corrected chi connectivity index (χ3v) is 12.7. The Balaban J connectivity index is 1.61. The molecule has 1 heterocycles. The van der Waals surface area contributed by atoms with Crippen LogP contribution in [0.3, 0.4) is 0 Å². The Morgan fingerprint density at radius 2 is 1.52 bits per heavy atom. The Labute approximate surface area is 377 Å². The van der Waals surface area contributed by atoms with Crippen LogP contribution in [0.25, 0.3) is 0 Å². The van der Waals surface area contributed by atoms with Crippen LogP contribution in [0.1, 0.15) is 102 Å². The van der Waals surface area contributed by atoms with Crippen LogP contribution >= 0.6 is 0 Å². The first kappa shape index (κ1) is 52.9. The highest BCUT2D eigenvalue weighted by Crippen LogP contribution is 2.44. The van der Waals surface area contributed by atoms with Crippen molar-refractivity contribution in [2.24, 2.45) is 11.7 Å². The van der Waals surface area contributed by atoms with Crippen molar-refractivity contribution in [3.63, 3.8) is 0 Å². The van der Waals surface area contributed by atoms with Crippen LogP contribution in [0.5, 0.6) is 5.75 Å². The molecule has 0 saturated carbocycles. The number of amides is 5. The number of benzene rings is 2. The number of urea groups is 1. The van der Waals surface area contributed by atoms with E-state index in [0.717, 1.165) is 9.87 Å². The fourth-order valence-electron chi connectivity index (χ4n) is 7.32. The number of aliphatic carboxylic acids is 1. The lowest BCUT2D eigenvalue weighted by molar-refractivity contribution is -0.142. The Hall–Kier alpha value is -5.47. The lowest BCUT2D eigenvalue weighted by Crippen LogP contribution is -2.60. The maximum atomic E-state index is 13.9. The van der Waals surface area contributed by atoms with E-state index in [1.807, 2.05) is 41.5 Å². The van der Waals surface area contributed by atoms with Crippen LogP contribution in [-0.2, 0) is 46.8 Å². The van der Waals surface area contributed by atoms with Crippen molar-refractivity contribution < 1.29 is 47.0 Å². The average Bonchev–Trinajstić information content (AvgIpc) is 3.53. The molecule has 0 spiro atoms. The number of hydrazine groups is 1. The van der Waals surface area contributed by atoms with Gasteiger partial charge in [0.2, 0.25) is 17.8 Å². The van der Waals surface area contributed by atoms with Gasteiger partial charge in [0.05, 0.1) is 16.6 Å². The van der Waals surface area contributed by atoms with Gasteiger partial charge in [0.1, 0.15) is 35.5 Å². The quantitative estimate of drug-likeness (QED) is 0.0426. The molecule has 1 aliphatic heterocycles. The third kappa shape index (κ3) is 14.5. The second-order valence-electron chi connectivity index (χ2n) is 18.3. The van der Waals surface area contributed by atoms with Gasteiger partial charge in [0.15, 0.2) is 0 Å². The van der Waals surface area contributed by atoms with Gasteiger partial charge in [0.25, 0.3) is 15.9 Å². The first-order chi connectivity index (χ1) is 29.6. The summed E-state index contributed by atoms with van der Waals surface area (Å²) in [4.78, 5) is 65.5. The van der Waals surface area contributed by atoms with E-state index in [1.165, 1.54) is 7.05 Å². The monoisotopic (exact) mass is 915 g/mol. The number of carboxylic acids is 1. The van der Waals surface area contributed by atoms with Gasteiger partial charge in [0, 0.05) is 32.0 Å². The molecule has 0 radical (unpaired) electrons. The Bertz CT molecular complexity index is 2140. The van der Waals surface area contributed by atoms with Crippen LogP contribution in [0.2, 0.25) is 0 Å². The van der Waals surface area contributed by atoms with E-state index >= 15 is 0 Å². The maximum Gasteiger partial charge on any atom is 0.334 e. The first-order valence-electron chi connectivity index (χ1n) is 21.4. The summed E-state index contributed by atoms with van der Waals surface area (Å²) in [6.45, 7) is 19.8. The fraction of sp³-hybridized carbons (Fsp3) is 0.591. The molecule has 5 amide bonds. The van der Waals surface area contributed by atoms with Gasteiger partial charge in [-0.3, -0.25) is 25.2 Å². The van der Waals surface area contributed by atoms with Gasteiger partial charge >= 0.3 is 12.0 Å². The second kappa shape index (κ2) is 21.9. The van der Waals surface area contributed by atoms with Crippen molar-refractivity contribution in [2.75, 3.05) is 13.6 Å². The second-order valence-corrected chi connectivity index (χ2v) is 20.2. The molecular weight excluding hydrogens is 847 g/mol. The highest BCUT2D eigenvalue weighted by atomic mass is 32.2.